The molecule has 0 spiro atoms. The molecule has 0 fully saturated rings. The molecule has 1 aliphatic rings. The number of ether oxygens (including phenoxy) is 3. The summed E-state index contributed by atoms with van der Waals surface area (Å²) in [7, 11) is 7.25. The normalized spacial score (nSPS) is 17.2. The van der Waals surface area contributed by atoms with Gasteiger partial charge in [-0.25, -0.2) is 0 Å². The van der Waals surface area contributed by atoms with Crippen LogP contribution in [0.5, 0.6) is 17.2 Å². The molecule has 4 heteroatoms. The number of fused-ring (bicyclic) bond motifs is 1. The highest BCUT2D eigenvalue weighted by atomic mass is 16.5. The van der Waals surface area contributed by atoms with Crippen LogP contribution in [-0.4, -0.2) is 39.8 Å². The predicted molar refractivity (Wildman–Crippen MR) is 95.3 cm³/mol. The lowest BCUT2D eigenvalue weighted by molar-refractivity contribution is 0.229. The van der Waals surface area contributed by atoms with E-state index < -0.39 is 0 Å². The van der Waals surface area contributed by atoms with E-state index in [1.54, 1.807) is 21.3 Å². The molecule has 2 aromatic rings. The highest BCUT2D eigenvalue weighted by molar-refractivity contribution is 5.44. The molecule has 0 amide bonds. The van der Waals surface area contributed by atoms with Gasteiger partial charge in [0.1, 0.15) is 5.75 Å². The molecule has 0 aromatic heterocycles. The largest absolute Gasteiger partial charge is 0.497 e. The van der Waals surface area contributed by atoms with E-state index in [4.69, 9.17) is 14.2 Å². The first-order valence-electron chi connectivity index (χ1n) is 8.24. The fourth-order valence-electron chi connectivity index (χ4n) is 3.44. The summed E-state index contributed by atoms with van der Waals surface area (Å²) in [5.41, 5.74) is 4.02. The Hall–Kier alpha value is -2.20. The van der Waals surface area contributed by atoms with Gasteiger partial charge in [0.15, 0.2) is 11.5 Å². The second kappa shape index (κ2) is 7.14. The Bertz CT molecular complexity index is 714. The van der Waals surface area contributed by atoms with Crippen LogP contribution in [0.4, 0.5) is 0 Å². The van der Waals surface area contributed by atoms with Crippen LogP contribution >= 0.6 is 0 Å². The number of rotatable bonds is 5. The number of nitrogens with zero attached hydrogens (tertiary/aromatic N) is 1. The fourth-order valence-corrected chi connectivity index (χ4v) is 3.44. The predicted octanol–water partition coefficient (Wildman–Crippen LogP) is 3.48. The second-order valence-corrected chi connectivity index (χ2v) is 6.20. The van der Waals surface area contributed by atoms with Crippen LogP contribution in [0, 0.1) is 0 Å². The third-order valence-corrected chi connectivity index (χ3v) is 4.85. The molecule has 3 rings (SSSR count). The van der Waals surface area contributed by atoms with Gasteiger partial charge < -0.3 is 14.2 Å². The van der Waals surface area contributed by atoms with Crippen LogP contribution in [0.25, 0.3) is 0 Å². The smallest absolute Gasteiger partial charge is 0.160 e. The van der Waals surface area contributed by atoms with E-state index in [9.17, 15) is 0 Å². The average Bonchev–Trinajstić information content (AvgIpc) is 2.63. The third kappa shape index (κ3) is 3.20. The zero-order valence-corrected chi connectivity index (χ0v) is 14.8. The lowest BCUT2D eigenvalue weighted by atomic mass is 9.89. The van der Waals surface area contributed by atoms with Crippen LogP contribution in [0.1, 0.15) is 22.7 Å². The molecule has 2 aromatic carbocycles. The van der Waals surface area contributed by atoms with Crippen molar-refractivity contribution < 1.29 is 14.2 Å². The van der Waals surface area contributed by atoms with Crippen molar-refractivity contribution in [2.45, 2.75) is 18.9 Å². The quantitative estimate of drug-likeness (QED) is 0.841. The maximum absolute atomic E-state index is 5.44. The SMILES string of the molecule is COc1ccc2c(c1)CCN(C)C2Cc1ccc(OC)c(OC)c1. The minimum Gasteiger partial charge on any atom is -0.497 e. The first-order chi connectivity index (χ1) is 11.7. The molecule has 1 atom stereocenters. The molecule has 0 N–H and O–H groups in total. The Morgan fingerprint density at radius 2 is 1.75 bits per heavy atom. The van der Waals surface area contributed by atoms with Gasteiger partial charge in [-0.15, -0.1) is 0 Å². The number of methoxy groups -OCH3 is 3. The summed E-state index contributed by atoms with van der Waals surface area (Å²) in [4.78, 5) is 2.42. The Balaban J connectivity index is 1.90. The van der Waals surface area contributed by atoms with Gasteiger partial charge in [0.05, 0.1) is 21.3 Å². The van der Waals surface area contributed by atoms with Gasteiger partial charge in [0.2, 0.25) is 0 Å². The molecular weight excluding hydrogens is 302 g/mol. The number of likely N-dealkylation sites (N-methyl/N-ethyl adjacent to an activating group) is 1. The summed E-state index contributed by atoms with van der Waals surface area (Å²) in [5, 5.41) is 0. The zero-order chi connectivity index (χ0) is 17.1. The standard InChI is InChI=1S/C20H25NO3/c1-21-10-9-15-13-16(22-2)6-7-17(15)18(21)11-14-5-8-19(23-3)20(12-14)24-4/h5-8,12-13,18H,9-11H2,1-4H3. The van der Waals surface area contributed by atoms with E-state index in [0.29, 0.717) is 6.04 Å². The highest BCUT2D eigenvalue weighted by Gasteiger charge is 2.25. The summed E-state index contributed by atoms with van der Waals surface area (Å²) < 4.78 is 16.1. The van der Waals surface area contributed by atoms with Crippen molar-refractivity contribution in [2.24, 2.45) is 0 Å². The van der Waals surface area contributed by atoms with Gasteiger partial charge in [-0.1, -0.05) is 12.1 Å². The molecule has 128 valence electrons. The van der Waals surface area contributed by atoms with Gasteiger partial charge in [0.25, 0.3) is 0 Å². The monoisotopic (exact) mass is 327 g/mol. The van der Waals surface area contributed by atoms with E-state index in [1.807, 2.05) is 6.07 Å². The third-order valence-electron chi connectivity index (χ3n) is 4.85. The first kappa shape index (κ1) is 16.7. The van der Waals surface area contributed by atoms with E-state index >= 15 is 0 Å². The molecule has 0 aliphatic carbocycles. The van der Waals surface area contributed by atoms with Crippen LogP contribution in [0.15, 0.2) is 36.4 Å². The molecule has 0 saturated heterocycles. The van der Waals surface area contributed by atoms with Gasteiger partial charge in [-0.05, 0) is 60.8 Å². The first-order valence-corrected chi connectivity index (χ1v) is 8.24. The van der Waals surface area contributed by atoms with Crippen LogP contribution in [0.2, 0.25) is 0 Å². The summed E-state index contributed by atoms with van der Waals surface area (Å²) >= 11 is 0. The lowest BCUT2D eigenvalue weighted by Gasteiger charge is -2.35. The topological polar surface area (TPSA) is 30.9 Å². The van der Waals surface area contributed by atoms with Crippen LogP contribution in [-0.2, 0) is 12.8 Å². The lowest BCUT2D eigenvalue weighted by Crippen LogP contribution is -2.33. The van der Waals surface area contributed by atoms with Gasteiger partial charge in [-0.2, -0.15) is 0 Å². The molecule has 0 saturated carbocycles. The van der Waals surface area contributed by atoms with Crippen molar-refractivity contribution in [3.8, 4) is 17.2 Å². The summed E-state index contributed by atoms with van der Waals surface area (Å²) in [6.07, 6.45) is 2.00. The van der Waals surface area contributed by atoms with Gasteiger partial charge >= 0.3 is 0 Å². The summed E-state index contributed by atoms with van der Waals surface area (Å²) in [6, 6.07) is 13.0. The van der Waals surface area contributed by atoms with Gasteiger partial charge in [-0.3, -0.25) is 4.90 Å². The van der Waals surface area contributed by atoms with Crippen molar-refractivity contribution in [3.05, 3.63) is 53.1 Å². The molecule has 1 aliphatic heterocycles. The summed E-state index contributed by atoms with van der Waals surface area (Å²) in [5.74, 6) is 2.48. The molecule has 0 radical (unpaired) electrons. The number of hydrogen-bond donors (Lipinski definition) is 0. The molecule has 24 heavy (non-hydrogen) atoms. The molecule has 0 bridgehead atoms. The molecule has 1 heterocycles. The minimum absolute atomic E-state index is 0.359. The number of benzene rings is 2. The maximum atomic E-state index is 5.44. The number of hydrogen-bond acceptors (Lipinski definition) is 4. The van der Waals surface area contributed by atoms with Crippen molar-refractivity contribution in [2.75, 3.05) is 34.9 Å². The molecule has 1 unspecified atom stereocenters. The van der Waals surface area contributed by atoms with E-state index in [0.717, 1.165) is 36.6 Å². The van der Waals surface area contributed by atoms with Crippen LogP contribution in [0.3, 0.4) is 0 Å². The van der Waals surface area contributed by atoms with Crippen molar-refractivity contribution in [3.63, 3.8) is 0 Å². The minimum atomic E-state index is 0.359. The Morgan fingerprint density at radius 3 is 2.46 bits per heavy atom. The second-order valence-electron chi connectivity index (χ2n) is 6.20. The Morgan fingerprint density at radius 1 is 0.958 bits per heavy atom. The van der Waals surface area contributed by atoms with E-state index in [1.165, 1.54) is 16.7 Å². The maximum Gasteiger partial charge on any atom is 0.160 e. The molecular formula is C20H25NO3. The molecule has 4 nitrogen and oxygen atoms in total. The average molecular weight is 327 g/mol. The fraction of sp³-hybridized carbons (Fsp3) is 0.400. The highest BCUT2D eigenvalue weighted by Crippen LogP contribution is 2.35. The van der Waals surface area contributed by atoms with E-state index in [-0.39, 0.29) is 0 Å². The van der Waals surface area contributed by atoms with Crippen molar-refractivity contribution in [1.82, 2.24) is 4.90 Å². The van der Waals surface area contributed by atoms with Crippen molar-refractivity contribution in [1.29, 1.82) is 0 Å². The Labute approximate surface area is 144 Å². The van der Waals surface area contributed by atoms with Crippen LogP contribution < -0.4 is 14.2 Å². The van der Waals surface area contributed by atoms with Gasteiger partial charge in [0, 0.05) is 12.6 Å². The zero-order valence-electron chi connectivity index (χ0n) is 14.8. The Kier molecular flexibility index (Phi) is 4.95. The van der Waals surface area contributed by atoms with Crippen molar-refractivity contribution >= 4 is 0 Å². The summed E-state index contributed by atoms with van der Waals surface area (Å²) in [6.45, 7) is 1.05. The van der Waals surface area contributed by atoms with E-state index in [2.05, 4.69) is 42.3 Å².